The second-order valence-electron chi connectivity index (χ2n) is 3.64. The molecule has 0 aliphatic carbocycles. The van der Waals surface area contributed by atoms with Gasteiger partial charge in [0.05, 0.1) is 7.11 Å². The summed E-state index contributed by atoms with van der Waals surface area (Å²) in [6.45, 7) is 1.72. The smallest absolute Gasteiger partial charge is 0.262 e. The summed E-state index contributed by atoms with van der Waals surface area (Å²) in [5, 5.41) is 0. The Hall–Kier alpha value is -1.71. The van der Waals surface area contributed by atoms with Crippen molar-refractivity contribution in [1.82, 2.24) is 4.90 Å². The van der Waals surface area contributed by atoms with E-state index in [9.17, 15) is 4.79 Å². The molecule has 0 N–H and O–H groups in total. The third-order valence-corrected chi connectivity index (χ3v) is 2.16. The maximum Gasteiger partial charge on any atom is 0.262 e. The molecule has 0 aliphatic heterocycles. The van der Waals surface area contributed by atoms with Crippen molar-refractivity contribution in [2.45, 2.75) is 13.0 Å². The summed E-state index contributed by atoms with van der Waals surface area (Å²) in [6.07, 6.45) is -0.522. The number of hydrogen-bond acceptors (Lipinski definition) is 3. The number of ether oxygens (including phenoxy) is 2. The van der Waals surface area contributed by atoms with E-state index in [0.717, 1.165) is 0 Å². The van der Waals surface area contributed by atoms with Crippen LogP contribution in [0.1, 0.15) is 6.92 Å². The number of amides is 1. The maximum absolute atomic E-state index is 11.6. The number of carbonyl (C=O) groups excluding carboxylic acids is 1. The molecule has 88 valence electrons. The van der Waals surface area contributed by atoms with E-state index in [1.807, 2.05) is 12.1 Å². The van der Waals surface area contributed by atoms with E-state index in [2.05, 4.69) is 0 Å². The van der Waals surface area contributed by atoms with Crippen molar-refractivity contribution >= 4 is 5.91 Å². The van der Waals surface area contributed by atoms with Gasteiger partial charge in [-0.15, -0.1) is 0 Å². The van der Waals surface area contributed by atoms with Crippen LogP contribution >= 0.6 is 0 Å². The fraction of sp³-hybridized carbons (Fsp3) is 0.417. The standard InChI is InChI=1S/C12H17NO3/c1-9(12(14)13(2)3)16-11-8-6-5-7-10(11)15-4/h5-9H,1-4H3/t9-/m1/s1. The summed E-state index contributed by atoms with van der Waals surface area (Å²) in [4.78, 5) is 13.1. The zero-order valence-electron chi connectivity index (χ0n) is 10.1. The molecular weight excluding hydrogens is 206 g/mol. The van der Waals surface area contributed by atoms with Crippen LogP contribution in [0.3, 0.4) is 0 Å². The first-order valence-corrected chi connectivity index (χ1v) is 5.07. The van der Waals surface area contributed by atoms with Crippen molar-refractivity contribution < 1.29 is 14.3 Å². The Balaban J connectivity index is 2.76. The lowest BCUT2D eigenvalue weighted by atomic mass is 10.3. The Kier molecular flexibility index (Phi) is 4.17. The van der Waals surface area contributed by atoms with Crippen molar-refractivity contribution in [3.8, 4) is 11.5 Å². The van der Waals surface area contributed by atoms with Gasteiger partial charge in [0.1, 0.15) is 0 Å². The van der Waals surface area contributed by atoms with Gasteiger partial charge in [0, 0.05) is 14.1 Å². The van der Waals surface area contributed by atoms with Crippen LogP contribution in [-0.4, -0.2) is 38.1 Å². The Labute approximate surface area is 95.8 Å². The lowest BCUT2D eigenvalue weighted by Gasteiger charge is -2.19. The normalized spacial score (nSPS) is 11.8. The van der Waals surface area contributed by atoms with E-state index in [1.165, 1.54) is 4.90 Å². The molecule has 0 radical (unpaired) electrons. The summed E-state index contributed by atoms with van der Waals surface area (Å²) in [7, 11) is 4.97. The molecule has 1 aromatic rings. The van der Waals surface area contributed by atoms with E-state index in [-0.39, 0.29) is 5.91 Å². The predicted molar refractivity (Wildman–Crippen MR) is 61.8 cm³/mol. The predicted octanol–water partition coefficient (Wildman–Crippen LogP) is 1.55. The molecule has 4 heteroatoms. The van der Waals surface area contributed by atoms with Gasteiger partial charge < -0.3 is 14.4 Å². The minimum Gasteiger partial charge on any atom is -0.493 e. The molecule has 1 amide bonds. The Morgan fingerprint density at radius 1 is 1.25 bits per heavy atom. The first-order valence-electron chi connectivity index (χ1n) is 5.07. The summed E-state index contributed by atoms with van der Waals surface area (Å²) >= 11 is 0. The number of likely N-dealkylation sites (N-methyl/N-ethyl adjacent to an activating group) is 1. The number of methoxy groups -OCH3 is 1. The van der Waals surface area contributed by atoms with Crippen molar-refractivity contribution in [2.24, 2.45) is 0 Å². The Morgan fingerprint density at radius 3 is 2.31 bits per heavy atom. The van der Waals surface area contributed by atoms with Crippen LogP contribution in [-0.2, 0) is 4.79 Å². The van der Waals surface area contributed by atoms with Crippen molar-refractivity contribution in [3.05, 3.63) is 24.3 Å². The van der Waals surface area contributed by atoms with Crippen LogP contribution in [0.2, 0.25) is 0 Å². The molecule has 0 fully saturated rings. The van der Waals surface area contributed by atoms with Crippen molar-refractivity contribution in [3.63, 3.8) is 0 Å². The largest absolute Gasteiger partial charge is 0.493 e. The number of hydrogen-bond donors (Lipinski definition) is 0. The lowest BCUT2D eigenvalue weighted by molar-refractivity contribution is -0.135. The van der Waals surface area contributed by atoms with E-state index < -0.39 is 6.10 Å². The zero-order valence-corrected chi connectivity index (χ0v) is 10.1. The third kappa shape index (κ3) is 2.89. The highest BCUT2D eigenvalue weighted by atomic mass is 16.5. The molecule has 0 bridgehead atoms. The molecule has 0 heterocycles. The van der Waals surface area contributed by atoms with Crippen LogP contribution in [0.4, 0.5) is 0 Å². The Morgan fingerprint density at radius 2 is 1.81 bits per heavy atom. The Bertz CT molecular complexity index is 363. The maximum atomic E-state index is 11.6. The van der Waals surface area contributed by atoms with Gasteiger partial charge in [0.15, 0.2) is 17.6 Å². The molecule has 0 unspecified atom stereocenters. The van der Waals surface area contributed by atoms with Crippen LogP contribution < -0.4 is 9.47 Å². The number of rotatable bonds is 4. The lowest BCUT2D eigenvalue weighted by Crippen LogP contribution is -2.35. The van der Waals surface area contributed by atoms with E-state index in [0.29, 0.717) is 11.5 Å². The van der Waals surface area contributed by atoms with Crippen LogP contribution in [0.25, 0.3) is 0 Å². The molecule has 1 rings (SSSR count). The fourth-order valence-electron chi connectivity index (χ4n) is 1.32. The highest BCUT2D eigenvalue weighted by Gasteiger charge is 2.17. The average molecular weight is 223 g/mol. The molecule has 1 aromatic carbocycles. The molecule has 0 aliphatic rings. The number of nitrogens with zero attached hydrogens (tertiary/aromatic N) is 1. The van der Waals surface area contributed by atoms with Gasteiger partial charge in [-0.25, -0.2) is 0 Å². The topological polar surface area (TPSA) is 38.8 Å². The van der Waals surface area contributed by atoms with Gasteiger partial charge in [-0.3, -0.25) is 4.79 Å². The SMILES string of the molecule is COc1ccccc1O[C@H](C)C(=O)N(C)C. The highest BCUT2D eigenvalue weighted by molar-refractivity contribution is 5.80. The first-order chi connectivity index (χ1) is 7.56. The molecule has 0 spiro atoms. The number of para-hydroxylation sites is 2. The van der Waals surface area contributed by atoms with E-state index in [4.69, 9.17) is 9.47 Å². The summed E-state index contributed by atoms with van der Waals surface area (Å²) in [5.41, 5.74) is 0. The molecule has 4 nitrogen and oxygen atoms in total. The molecule has 0 saturated heterocycles. The first kappa shape index (κ1) is 12.4. The van der Waals surface area contributed by atoms with Gasteiger partial charge in [-0.1, -0.05) is 12.1 Å². The number of carbonyl (C=O) groups is 1. The minimum atomic E-state index is -0.522. The summed E-state index contributed by atoms with van der Waals surface area (Å²) in [5.74, 6) is 1.12. The van der Waals surface area contributed by atoms with Crippen LogP contribution in [0.5, 0.6) is 11.5 Å². The van der Waals surface area contributed by atoms with Crippen LogP contribution in [0, 0.1) is 0 Å². The molecule has 0 saturated carbocycles. The van der Waals surface area contributed by atoms with E-state index in [1.54, 1.807) is 40.3 Å². The minimum absolute atomic E-state index is 0.0779. The van der Waals surface area contributed by atoms with Gasteiger partial charge in [0.25, 0.3) is 5.91 Å². The molecular formula is C12H17NO3. The molecule has 0 aromatic heterocycles. The third-order valence-electron chi connectivity index (χ3n) is 2.16. The van der Waals surface area contributed by atoms with Gasteiger partial charge >= 0.3 is 0 Å². The van der Waals surface area contributed by atoms with Crippen LogP contribution in [0.15, 0.2) is 24.3 Å². The second kappa shape index (κ2) is 5.39. The van der Waals surface area contributed by atoms with Crippen molar-refractivity contribution in [2.75, 3.05) is 21.2 Å². The monoisotopic (exact) mass is 223 g/mol. The summed E-state index contributed by atoms with van der Waals surface area (Å²) in [6, 6.07) is 7.26. The average Bonchev–Trinajstić information content (AvgIpc) is 2.28. The highest BCUT2D eigenvalue weighted by Crippen LogP contribution is 2.26. The second-order valence-corrected chi connectivity index (χ2v) is 3.64. The zero-order chi connectivity index (χ0) is 12.1. The number of benzene rings is 1. The quantitative estimate of drug-likeness (QED) is 0.777. The van der Waals surface area contributed by atoms with Gasteiger partial charge in [-0.05, 0) is 19.1 Å². The van der Waals surface area contributed by atoms with Gasteiger partial charge in [-0.2, -0.15) is 0 Å². The van der Waals surface area contributed by atoms with Crippen molar-refractivity contribution in [1.29, 1.82) is 0 Å². The molecule has 16 heavy (non-hydrogen) atoms. The van der Waals surface area contributed by atoms with Gasteiger partial charge in [0.2, 0.25) is 0 Å². The fourth-order valence-corrected chi connectivity index (χ4v) is 1.32. The summed E-state index contributed by atoms with van der Waals surface area (Å²) < 4.78 is 10.7. The van der Waals surface area contributed by atoms with E-state index >= 15 is 0 Å². The molecule has 1 atom stereocenters.